The molecule has 0 fully saturated rings. The van der Waals surface area contributed by atoms with Crippen molar-refractivity contribution < 1.29 is 4.79 Å². The van der Waals surface area contributed by atoms with E-state index in [1.165, 1.54) is 5.56 Å². The van der Waals surface area contributed by atoms with Crippen LogP contribution in [-0.4, -0.2) is 18.9 Å². The van der Waals surface area contributed by atoms with Crippen LogP contribution < -0.4 is 5.32 Å². The second-order valence-corrected chi connectivity index (χ2v) is 5.65. The van der Waals surface area contributed by atoms with E-state index in [9.17, 15) is 4.79 Å². The summed E-state index contributed by atoms with van der Waals surface area (Å²) in [6.45, 7) is 8.63. The van der Waals surface area contributed by atoms with Crippen molar-refractivity contribution in [2.75, 3.05) is 7.05 Å². The first-order valence-corrected chi connectivity index (χ1v) is 6.70. The lowest BCUT2D eigenvalue weighted by Crippen LogP contribution is -2.38. The van der Waals surface area contributed by atoms with Gasteiger partial charge in [0.1, 0.15) is 0 Å². The molecule has 0 radical (unpaired) electrons. The van der Waals surface area contributed by atoms with E-state index in [1.807, 2.05) is 26.1 Å². The van der Waals surface area contributed by atoms with Crippen molar-refractivity contribution in [3.63, 3.8) is 0 Å². The number of rotatable bonds is 6. The third-order valence-electron chi connectivity index (χ3n) is 3.86. The molecule has 0 saturated carbocycles. The minimum Gasteiger partial charge on any atom is -0.317 e. The number of ketones is 1. The van der Waals surface area contributed by atoms with Gasteiger partial charge in [-0.05, 0) is 31.4 Å². The second kappa shape index (κ2) is 6.14. The maximum Gasteiger partial charge on any atom is 0.162 e. The number of carbonyl (C=O) groups is 1. The Morgan fingerprint density at radius 1 is 1.28 bits per heavy atom. The van der Waals surface area contributed by atoms with Crippen LogP contribution in [0.1, 0.15) is 50.0 Å². The summed E-state index contributed by atoms with van der Waals surface area (Å²) in [6, 6.07) is 8.50. The van der Waals surface area contributed by atoms with E-state index in [4.69, 9.17) is 0 Å². The van der Waals surface area contributed by atoms with E-state index in [2.05, 4.69) is 38.2 Å². The first-order valence-electron chi connectivity index (χ1n) is 6.70. The summed E-state index contributed by atoms with van der Waals surface area (Å²) in [6.07, 6.45) is 1.58. The standard InChI is InChI=1S/C16H25NO/c1-6-15(18)14-9-7-13(8-10-14)11-16(3,4)12(2)17-5/h7-10,12,17H,6,11H2,1-5H3. The Hall–Kier alpha value is -1.15. The van der Waals surface area contributed by atoms with E-state index in [0.717, 1.165) is 12.0 Å². The van der Waals surface area contributed by atoms with Crippen LogP contribution in [0, 0.1) is 5.41 Å². The molecule has 0 spiro atoms. The third-order valence-corrected chi connectivity index (χ3v) is 3.86. The molecular weight excluding hydrogens is 222 g/mol. The van der Waals surface area contributed by atoms with E-state index in [-0.39, 0.29) is 11.2 Å². The van der Waals surface area contributed by atoms with Gasteiger partial charge in [-0.1, -0.05) is 45.0 Å². The zero-order chi connectivity index (χ0) is 13.8. The SMILES string of the molecule is CCC(=O)c1ccc(CC(C)(C)C(C)NC)cc1. The molecule has 0 aromatic heterocycles. The molecule has 0 aliphatic rings. The van der Waals surface area contributed by atoms with Gasteiger partial charge in [-0.15, -0.1) is 0 Å². The average molecular weight is 247 g/mol. The average Bonchev–Trinajstić information content (AvgIpc) is 2.37. The van der Waals surface area contributed by atoms with Crippen LogP contribution in [0.4, 0.5) is 0 Å². The molecule has 0 aliphatic heterocycles. The largest absolute Gasteiger partial charge is 0.317 e. The molecule has 0 aliphatic carbocycles. The van der Waals surface area contributed by atoms with Crippen LogP contribution in [0.25, 0.3) is 0 Å². The molecular formula is C16H25NO. The van der Waals surface area contributed by atoms with Crippen molar-refractivity contribution in [1.29, 1.82) is 0 Å². The van der Waals surface area contributed by atoms with Crippen LogP contribution in [0.2, 0.25) is 0 Å². The molecule has 100 valence electrons. The highest BCUT2D eigenvalue weighted by Crippen LogP contribution is 2.26. The molecule has 1 aromatic carbocycles. The lowest BCUT2D eigenvalue weighted by molar-refractivity contribution is 0.0988. The number of hydrogen-bond acceptors (Lipinski definition) is 2. The molecule has 1 rings (SSSR count). The number of hydrogen-bond donors (Lipinski definition) is 1. The fraction of sp³-hybridized carbons (Fsp3) is 0.562. The maximum atomic E-state index is 11.6. The molecule has 1 atom stereocenters. The Kier molecular flexibility index (Phi) is 5.09. The zero-order valence-corrected chi connectivity index (χ0v) is 12.2. The predicted octanol–water partition coefficient (Wildman–Crippen LogP) is 3.46. The lowest BCUT2D eigenvalue weighted by Gasteiger charge is -2.31. The molecule has 1 unspecified atom stereocenters. The molecule has 0 bridgehead atoms. The van der Waals surface area contributed by atoms with Crippen molar-refractivity contribution >= 4 is 5.78 Å². The topological polar surface area (TPSA) is 29.1 Å². The van der Waals surface area contributed by atoms with E-state index in [1.54, 1.807) is 0 Å². The highest BCUT2D eigenvalue weighted by Gasteiger charge is 2.24. The van der Waals surface area contributed by atoms with Gasteiger partial charge in [0.2, 0.25) is 0 Å². The number of benzene rings is 1. The quantitative estimate of drug-likeness (QED) is 0.780. The van der Waals surface area contributed by atoms with Crippen LogP contribution in [0.15, 0.2) is 24.3 Å². The molecule has 0 amide bonds. The van der Waals surface area contributed by atoms with Gasteiger partial charge < -0.3 is 5.32 Å². The summed E-state index contributed by atoms with van der Waals surface area (Å²) in [5.74, 6) is 0.212. The van der Waals surface area contributed by atoms with E-state index in [0.29, 0.717) is 12.5 Å². The smallest absolute Gasteiger partial charge is 0.162 e. The van der Waals surface area contributed by atoms with Gasteiger partial charge in [-0.2, -0.15) is 0 Å². The lowest BCUT2D eigenvalue weighted by atomic mass is 9.79. The number of Topliss-reactive ketones (excluding diaryl/α,β-unsaturated/α-hetero) is 1. The van der Waals surface area contributed by atoms with Crippen molar-refractivity contribution in [3.05, 3.63) is 35.4 Å². The fourth-order valence-corrected chi connectivity index (χ4v) is 2.08. The molecule has 18 heavy (non-hydrogen) atoms. The fourth-order valence-electron chi connectivity index (χ4n) is 2.08. The van der Waals surface area contributed by atoms with Crippen molar-refractivity contribution in [1.82, 2.24) is 5.32 Å². The van der Waals surface area contributed by atoms with Gasteiger partial charge in [0.25, 0.3) is 0 Å². The number of nitrogens with one attached hydrogen (secondary N) is 1. The molecule has 0 heterocycles. The van der Waals surface area contributed by atoms with Gasteiger partial charge in [0.15, 0.2) is 5.78 Å². The summed E-state index contributed by atoms with van der Waals surface area (Å²) in [4.78, 5) is 11.6. The summed E-state index contributed by atoms with van der Waals surface area (Å²) in [5.41, 5.74) is 2.31. The first kappa shape index (κ1) is 14.9. The summed E-state index contributed by atoms with van der Waals surface area (Å²) in [5, 5.41) is 3.31. The first-order chi connectivity index (χ1) is 8.40. The Balaban J connectivity index is 2.78. The molecule has 1 N–H and O–H groups in total. The van der Waals surface area contributed by atoms with E-state index < -0.39 is 0 Å². The van der Waals surface area contributed by atoms with Gasteiger partial charge in [0, 0.05) is 18.0 Å². The summed E-state index contributed by atoms with van der Waals surface area (Å²) < 4.78 is 0. The minimum absolute atomic E-state index is 0.199. The van der Waals surface area contributed by atoms with Crippen molar-refractivity contribution in [2.45, 2.75) is 46.6 Å². The van der Waals surface area contributed by atoms with Gasteiger partial charge in [-0.25, -0.2) is 0 Å². The number of carbonyl (C=O) groups excluding carboxylic acids is 1. The van der Waals surface area contributed by atoms with Gasteiger partial charge >= 0.3 is 0 Å². The Bertz CT molecular complexity index is 392. The Morgan fingerprint density at radius 2 is 1.83 bits per heavy atom. The van der Waals surface area contributed by atoms with Crippen molar-refractivity contribution in [2.24, 2.45) is 5.41 Å². The Labute approximate surface area is 111 Å². The van der Waals surface area contributed by atoms with Gasteiger partial charge in [-0.3, -0.25) is 4.79 Å². The summed E-state index contributed by atoms with van der Waals surface area (Å²) >= 11 is 0. The molecule has 2 heteroatoms. The maximum absolute atomic E-state index is 11.6. The van der Waals surface area contributed by atoms with Crippen LogP contribution >= 0.6 is 0 Å². The van der Waals surface area contributed by atoms with E-state index >= 15 is 0 Å². The molecule has 2 nitrogen and oxygen atoms in total. The zero-order valence-electron chi connectivity index (χ0n) is 12.2. The summed E-state index contributed by atoms with van der Waals surface area (Å²) in [7, 11) is 2.00. The monoisotopic (exact) mass is 247 g/mol. The van der Waals surface area contributed by atoms with Crippen LogP contribution in [0.3, 0.4) is 0 Å². The minimum atomic E-state index is 0.199. The van der Waals surface area contributed by atoms with Gasteiger partial charge in [0.05, 0.1) is 0 Å². The molecule has 0 saturated heterocycles. The molecule has 1 aromatic rings. The highest BCUT2D eigenvalue weighted by atomic mass is 16.1. The van der Waals surface area contributed by atoms with Crippen LogP contribution in [-0.2, 0) is 6.42 Å². The Morgan fingerprint density at radius 3 is 2.28 bits per heavy atom. The van der Waals surface area contributed by atoms with Crippen molar-refractivity contribution in [3.8, 4) is 0 Å². The second-order valence-electron chi connectivity index (χ2n) is 5.65. The normalized spacial score (nSPS) is 13.4. The predicted molar refractivity (Wildman–Crippen MR) is 77.1 cm³/mol. The third kappa shape index (κ3) is 3.67. The van der Waals surface area contributed by atoms with Crippen LogP contribution in [0.5, 0.6) is 0 Å². The highest BCUT2D eigenvalue weighted by molar-refractivity contribution is 5.95.